The zero-order valence-electron chi connectivity index (χ0n) is 11.0. The van der Waals surface area contributed by atoms with Crippen LogP contribution in [0.25, 0.3) is 0 Å². The summed E-state index contributed by atoms with van der Waals surface area (Å²) in [6, 6.07) is 1.87. The number of primary amides is 1. The van der Waals surface area contributed by atoms with Gasteiger partial charge in [-0.15, -0.1) is 0 Å². The van der Waals surface area contributed by atoms with Gasteiger partial charge in [0.2, 0.25) is 5.91 Å². The number of aryl methyl sites for hydroxylation is 1. The second-order valence-corrected chi connectivity index (χ2v) is 3.94. The van der Waals surface area contributed by atoms with Crippen LogP contribution in [0.5, 0.6) is 0 Å². The smallest absolute Gasteiger partial charge is 0.217 e. The Hall–Kier alpha value is -1.85. The maximum absolute atomic E-state index is 10.6. The summed E-state index contributed by atoms with van der Waals surface area (Å²) in [4.78, 5) is 19.3. The number of hydrogen-bond donors (Lipinski definition) is 3. The normalized spacial score (nSPS) is 10.1. The molecule has 1 aromatic heterocycles. The molecule has 1 aromatic rings. The third-order valence-electron chi connectivity index (χ3n) is 2.35. The van der Waals surface area contributed by atoms with Gasteiger partial charge >= 0.3 is 0 Å². The fraction of sp³-hybridized carbons (Fsp3) is 0.583. The lowest BCUT2D eigenvalue weighted by molar-refractivity contribution is -0.118. The molecule has 1 amide bonds. The van der Waals surface area contributed by atoms with Crippen molar-refractivity contribution in [1.82, 2.24) is 9.97 Å². The number of carbonyl (C=O) groups is 1. The van der Waals surface area contributed by atoms with Crippen LogP contribution in [0.15, 0.2) is 6.07 Å². The van der Waals surface area contributed by atoms with E-state index in [-0.39, 0.29) is 5.91 Å². The van der Waals surface area contributed by atoms with Crippen molar-refractivity contribution in [3.05, 3.63) is 11.9 Å². The standard InChI is InChI=1S/C12H21N5O/c1-3-10-16-11(14-4-2)8-12(17-10)15-7-5-6-9(13)18/h8H,3-7H2,1-2H3,(H2,13,18)(H2,14,15,16,17). The first-order chi connectivity index (χ1) is 8.65. The molecule has 6 nitrogen and oxygen atoms in total. The van der Waals surface area contributed by atoms with Crippen molar-refractivity contribution in [3.63, 3.8) is 0 Å². The number of nitrogens with two attached hydrogens (primary N) is 1. The monoisotopic (exact) mass is 251 g/mol. The van der Waals surface area contributed by atoms with E-state index in [0.29, 0.717) is 19.4 Å². The Morgan fingerprint density at radius 1 is 1.28 bits per heavy atom. The quantitative estimate of drug-likeness (QED) is 0.603. The van der Waals surface area contributed by atoms with E-state index in [4.69, 9.17) is 5.73 Å². The number of aromatic nitrogens is 2. The highest BCUT2D eigenvalue weighted by atomic mass is 16.1. The zero-order valence-corrected chi connectivity index (χ0v) is 11.0. The van der Waals surface area contributed by atoms with Gasteiger partial charge in [0.25, 0.3) is 0 Å². The molecule has 0 bridgehead atoms. The first-order valence-electron chi connectivity index (χ1n) is 6.29. The highest BCUT2D eigenvalue weighted by molar-refractivity contribution is 5.73. The summed E-state index contributed by atoms with van der Waals surface area (Å²) in [6.07, 6.45) is 1.88. The summed E-state index contributed by atoms with van der Waals surface area (Å²) in [7, 11) is 0. The van der Waals surface area contributed by atoms with Crippen LogP contribution in [0, 0.1) is 0 Å². The minimum absolute atomic E-state index is 0.276. The minimum Gasteiger partial charge on any atom is -0.370 e. The SMILES string of the molecule is CCNc1cc(NCCCC(N)=O)nc(CC)n1. The van der Waals surface area contributed by atoms with Gasteiger partial charge in [0.05, 0.1) is 0 Å². The number of carbonyl (C=O) groups excluding carboxylic acids is 1. The Morgan fingerprint density at radius 2 is 1.94 bits per heavy atom. The van der Waals surface area contributed by atoms with E-state index in [1.54, 1.807) is 0 Å². The molecule has 1 rings (SSSR count). The molecule has 1 heterocycles. The van der Waals surface area contributed by atoms with E-state index >= 15 is 0 Å². The molecule has 0 spiro atoms. The van der Waals surface area contributed by atoms with Crippen LogP contribution in [0.4, 0.5) is 11.6 Å². The maximum Gasteiger partial charge on any atom is 0.217 e. The number of nitrogens with one attached hydrogen (secondary N) is 2. The van der Waals surface area contributed by atoms with Crippen LogP contribution >= 0.6 is 0 Å². The van der Waals surface area contributed by atoms with E-state index in [2.05, 4.69) is 20.6 Å². The Kier molecular flexibility index (Phi) is 5.90. The number of rotatable bonds is 8. The molecule has 0 unspecified atom stereocenters. The van der Waals surface area contributed by atoms with Gasteiger partial charge in [-0.1, -0.05) is 6.92 Å². The predicted octanol–water partition coefficient (Wildman–Crippen LogP) is 1.15. The van der Waals surface area contributed by atoms with Crippen LogP contribution < -0.4 is 16.4 Å². The molecular weight excluding hydrogens is 230 g/mol. The molecule has 0 aliphatic rings. The molecule has 6 heteroatoms. The van der Waals surface area contributed by atoms with Crippen LogP contribution in [0.2, 0.25) is 0 Å². The number of amides is 1. The van der Waals surface area contributed by atoms with Gasteiger partial charge in [-0.3, -0.25) is 4.79 Å². The molecule has 0 aliphatic carbocycles. The second kappa shape index (κ2) is 7.47. The van der Waals surface area contributed by atoms with E-state index in [9.17, 15) is 4.79 Å². The summed E-state index contributed by atoms with van der Waals surface area (Å²) >= 11 is 0. The third kappa shape index (κ3) is 4.99. The third-order valence-corrected chi connectivity index (χ3v) is 2.35. The van der Waals surface area contributed by atoms with Gasteiger partial charge in [0.1, 0.15) is 17.5 Å². The van der Waals surface area contributed by atoms with Crippen molar-refractivity contribution in [1.29, 1.82) is 0 Å². The molecule has 0 saturated carbocycles. The van der Waals surface area contributed by atoms with Crippen LogP contribution in [0.1, 0.15) is 32.5 Å². The molecule has 18 heavy (non-hydrogen) atoms. The van der Waals surface area contributed by atoms with Crippen LogP contribution in [-0.2, 0) is 11.2 Å². The summed E-state index contributed by atoms with van der Waals surface area (Å²) in [5.74, 6) is 2.12. The van der Waals surface area contributed by atoms with Crippen LogP contribution in [0.3, 0.4) is 0 Å². The largest absolute Gasteiger partial charge is 0.370 e. The maximum atomic E-state index is 10.6. The van der Waals surface area contributed by atoms with Crippen molar-refractivity contribution in [2.75, 3.05) is 23.7 Å². The molecule has 0 atom stereocenters. The fourth-order valence-corrected chi connectivity index (χ4v) is 1.50. The van der Waals surface area contributed by atoms with Crippen molar-refractivity contribution in [2.24, 2.45) is 5.73 Å². The van der Waals surface area contributed by atoms with E-state index in [1.807, 2.05) is 19.9 Å². The molecule has 0 aliphatic heterocycles. The molecule has 4 N–H and O–H groups in total. The van der Waals surface area contributed by atoms with E-state index in [1.165, 1.54) is 0 Å². The fourth-order valence-electron chi connectivity index (χ4n) is 1.50. The van der Waals surface area contributed by atoms with Crippen molar-refractivity contribution in [2.45, 2.75) is 33.1 Å². The number of hydrogen-bond acceptors (Lipinski definition) is 5. The summed E-state index contributed by atoms with van der Waals surface area (Å²) in [5.41, 5.74) is 5.08. The predicted molar refractivity (Wildman–Crippen MR) is 72.5 cm³/mol. The van der Waals surface area contributed by atoms with Crippen molar-refractivity contribution < 1.29 is 4.79 Å². The van der Waals surface area contributed by atoms with E-state index < -0.39 is 0 Å². The lowest BCUT2D eigenvalue weighted by Crippen LogP contribution is -2.13. The Labute approximate surface area is 107 Å². The van der Waals surface area contributed by atoms with Gasteiger partial charge < -0.3 is 16.4 Å². The lowest BCUT2D eigenvalue weighted by atomic mass is 10.3. The highest BCUT2D eigenvalue weighted by Crippen LogP contribution is 2.11. The van der Waals surface area contributed by atoms with Crippen molar-refractivity contribution in [3.8, 4) is 0 Å². The molecule has 0 radical (unpaired) electrons. The summed E-state index contributed by atoms with van der Waals surface area (Å²) in [6.45, 7) is 5.53. The first-order valence-corrected chi connectivity index (χ1v) is 6.29. The summed E-state index contributed by atoms with van der Waals surface area (Å²) < 4.78 is 0. The lowest BCUT2D eigenvalue weighted by Gasteiger charge is -2.09. The Morgan fingerprint density at radius 3 is 2.50 bits per heavy atom. The number of anilines is 2. The van der Waals surface area contributed by atoms with Crippen LogP contribution in [-0.4, -0.2) is 29.0 Å². The number of nitrogens with zero attached hydrogens (tertiary/aromatic N) is 2. The average molecular weight is 251 g/mol. The zero-order chi connectivity index (χ0) is 13.4. The Balaban J connectivity index is 2.57. The minimum atomic E-state index is -0.276. The molecular formula is C12H21N5O. The van der Waals surface area contributed by atoms with E-state index in [0.717, 1.165) is 30.4 Å². The first kappa shape index (κ1) is 14.2. The molecule has 100 valence electrons. The van der Waals surface area contributed by atoms with Gasteiger partial charge in [0, 0.05) is 32.0 Å². The molecule has 0 fully saturated rings. The van der Waals surface area contributed by atoms with Gasteiger partial charge in [0.15, 0.2) is 0 Å². The highest BCUT2D eigenvalue weighted by Gasteiger charge is 2.02. The van der Waals surface area contributed by atoms with Gasteiger partial charge in [-0.25, -0.2) is 9.97 Å². The average Bonchev–Trinajstić information content (AvgIpc) is 2.34. The van der Waals surface area contributed by atoms with Crippen molar-refractivity contribution >= 4 is 17.5 Å². The molecule has 0 saturated heterocycles. The topological polar surface area (TPSA) is 92.9 Å². The Bertz CT molecular complexity index is 394. The second-order valence-electron chi connectivity index (χ2n) is 3.94. The molecule has 0 aromatic carbocycles. The van der Waals surface area contributed by atoms with Gasteiger partial charge in [-0.05, 0) is 13.3 Å². The van der Waals surface area contributed by atoms with Gasteiger partial charge in [-0.2, -0.15) is 0 Å². The summed E-state index contributed by atoms with van der Waals surface area (Å²) in [5, 5.41) is 6.34.